The molecule has 1 aromatic rings. The topological polar surface area (TPSA) is 0 Å². The van der Waals surface area contributed by atoms with E-state index in [2.05, 4.69) is 0 Å². The van der Waals surface area contributed by atoms with Crippen molar-refractivity contribution < 1.29 is 0 Å². The Kier molecular flexibility index (Phi) is 3.26. The van der Waals surface area contributed by atoms with Crippen LogP contribution in [-0.2, 0) is 6.04 Å². The molecule has 1 aromatic carbocycles. The summed E-state index contributed by atoms with van der Waals surface area (Å²) in [6.45, 7) is 0. The van der Waals surface area contributed by atoms with Crippen LogP contribution in [-0.4, -0.2) is 7.42 Å². The number of hydrogen-bond donors (Lipinski definition) is 0. The molecule has 0 unspecified atom stereocenters. The van der Waals surface area contributed by atoms with Gasteiger partial charge in [0.1, 0.15) is 0 Å². The Labute approximate surface area is 71.8 Å². The fraction of sp³-hybridized carbons (Fsp3) is 0.143. The minimum atomic E-state index is -1.14. The first-order valence-electron chi connectivity index (χ1n) is 3.00. The molecule has 1 rings (SSSR count). The summed E-state index contributed by atoms with van der Waals surface area (Å²) in [5.74, 6) is 0. The van der Waals surface area contributed by atoms with E-state index >= 15 is 0 Å². The van der Waals surface area contributed by atoms with Crippen molar-refractivity contribution in [2.45, 2.75) is 6.04 Å². The van der Waals surface area contributed by atoms with Gasteiger partial charge in [-0.05, 0) is 11.6 Å². The maximum Gasteiger partial charge on any atom is 0.278 e. The Morgan fingerprint density at radius 1 is 1.10 bits per heavy atom. The van der Waals surface area contributed by atoms with Crippen molar-refractivity contribution in [1.82, 2.24) is 0 Å². The van der Waals surface area contributed by atoms with E-state index in [1.54, 1.807) is 0 Å². The van der Waals surface area contributed by atoms with Gasteiger partial charge in [-0.1, -0.05) is 30.3 Å². The van der Waals surface area contributed by atoms with E-state index in [1.807, 2.05) is 30.3 Å². The maximum atomic E-state index is 5.68. The largest absolute Gasteiger partial charge is 0.278 e. The van der Waals surface area contributed by atoms with Gasteiger partial charge in [-0.3, -0.25) is 0 Å². The molecule has 0 atom stereocenters. The van der Waals surface area contributed by atoms with Crippen LogP contribution in [0.4, 0.5) is 0 Å². The summed E-state index contributed by atoms with van der Waals surface area (Å²) in [6.07, 6.45) is 0. The second-order valence-corrected chi connectivity index (χ2v) is 6.35. The van der Waals surface area contributed by atoms with Crippen LogP contribution in [0.3, 0.4) is 0 Å². The van der Waals surface area contributed by atoms with E-state index in [1.165, 1.54) is 5.56 Å². The summed E-state index contributed by atoms with van der Waals surface area (Å²) < 4.78 is 0. The molecule has 3 heteroatoms. The lowest BCUT2D eigenvalue weighted by molar-refractivity contribution is 1.39. The molecule has 0 fully saturated rings. The van der Waals surface area contributed by atoms with Crippen LogP contribution in [0, 0.1) is 0 Å². The smallest absolute Gasteiger partial charge is 0.146 e. The van der Waals surface area contributed by atoms with Gasteiger partial charge in [0.2, 0.25) is 0 Å². The molecule has 0 nitrogen and oxygen atoms in total. The van der Waals surface area contributed by atoms with Crippen molar-refractivity contribution in [3.63, 3.8) is 0 Å². The third-order valence-electron chi connectivity index (χ3n) is 1.18. The quantitative estimate of drug-likeness (QED) is 0.496. The highest BCUT2D eigenvalue weighted by Gasteiger charge is 2.02. The van der Waals surface area contributed by atoms with Crippen molar-refractivity contribution in [1.29, 1.82) is 0 Å². The van der Waals surface area contributed by atoms with Crippen molar-refractivity contribution in [2.75, 3.05) is 0 Å². The average Bonchev–Trinajstić information content (AvgIpc) is 1.88. The Hall–Kier alpha value is 0.0169. The molecule has 0 N–H and O–H groups in total. The van der Waals surface area contributed by atoms with Crippen LogP contribution in [0.25, 0.3) is 0 Å². The molecule has 0 aliphatic carbocycles. The SMILES string of the molecule is Cl[Si](Cl)Cc1ccccc1. The summed E-state index contributed by atoms with van der Waals surface area (Å²) in [5.41, 5.74) is 1.22. The zero-order valence-corrected chi connectivity index (χ0v) is 7.86. The number of benzene rings is 1. The second kappa shape index (κ2) is 4.01. The lowest BCUT2D eigenvalue weighted by atomic mass is 10.2. The van der Waals surface area contributed by atoms with Gasteiger partial charge in [0, 0.05) is 0 Å². The molecule has 0 saturated carbocycles. The van der Waals surface area contributed by atoms with Crippen molar-refractivity contribution >= 4 is 29.6 Å². The molecule has 0 spiro atoms. The van der Waals surface area contributed by atoms with Crippen LogP contribution in [0.2, 0.25) is 0 Å². The highest BCUT2D eigenvalue weighted by Crippen LogP contribution is 2.06. The van der Waals surface area contributed by atoms with Crippen LogP contribution in [0.15, 0.2) is 30.3 Å². The van der Waals surface area contributed by atoms with Gasteiger partial charge >= 0.3 is 0 Å². The van der Waals surface area contributed by atoms with E-state index in [9.17, 15) is 0 Å². The third kappa shape index (κ3) is 2.73. The zero-order valence-electron chi connectivity index (χ0n) is 5.35. The monoisotopic (exact) mass is 189 g/mol. The van der Waals surface area contributed by atoms with Gasteiger partial charge < -0.3 is 0 Å². The lowest BCUT2D eigenvalue weighted by Crippen LogP contribution is -1.98. The molecular formula is C7H7Cl2Si. The highest BCUT2D eigenvalue weighted by atomic mass is 35.7. The molecule has 0 saturated heterocycles. The zero-order chi connectivity index (χ0) is 7.40. The molecule has 0 aromatic heterocycles. The first kappa shape index (κ1) is 8.12. The van der Waals surface area contributed by atoms with Gasteiger partial charge in [0.05, 0.1) is 0 Å². The minimum absolute atomic E-state index is 0.828. The van der Waals surface area contributed by atoms with Crippen molar-refractivity contribution in [3.05, 3.63) is 35.9 Å². The second-order valence-electron chi connectivity index (χ2n) is 2.00. The summed E-state index contributed by atoms with van der Waals surface area (Å²) in [6, 6.07) is 10.9. The minimum Gasteiger partial charge on any atom is -0.146 e. The first-order chi connectivity index (χ1) is 4.79. The maximum absolute atomic E-state index is 5.68. The molecule has 0 aliphatic rings. The van der Waals surface area contributed by atoms with Gasteiger partial charge in [-0.2, -0.15) is 0 Å². The highest BCUT2D eigenvalue weighted by molar-refractivity contribution is 7.33. The molecule has 0 bridgehead atoms. The normalized spacial score (nSPS) is 10.3. The Morgan fingerprint density at radius 2 is 1.70 bits per heavy atom. The summed E-state index contributed by atoms with van der Waals surface area (Å²) >= 11 is 11.4. The molecule has 0 amide bonds. The van der Waals surface area contributed by atoms with E-state index in [4.69, 9.17) is 22.2 Å². The fourth-order valence-corrected chi connectivity index (χ4v) is 2.22. The van der Waals surface area contributed by atoms with Crippen LogP contribution in [0.5, 0.6) is 0 Å². The van der Waals surface area contributed by atoms with Gasteiger partial charge in [-0.25, -0.2) is 0 Å². The summed E-state index contributed by atoms with van der Waals surface area (Å²) in [4.78, 5) is 0. The van der Waals surface area contributed by atoms with Gasteiger partial charge in [0.15, 0.2) is 0 Å². The molecule has 53 valence electrons. The average molecular weight is 190 g/mol. The summed E-state index contributed by atoms with van der Waals surface area (Å²) in [7, 11) is -1.14. The molecule has 1 radical (unpaired) electrons. The Balaban J connectivity index is 2.59. The fourth-order valence-electron chi connectivity index (χ4n) is 0.750. The molecule has 0 aliphatic heterocycles. The van der Waals surface area contributed by atoms with E-state index in [-0.39, 0.29) is 0 Å². The van der Waals surface area contributed by atoms with Crippen molar-refractivity contribution in [2.24, 2.45) is 0 Å². The Morgan fingerprint density at radius 3 is 2.20 bits per heavy atom. The van der Waals surface area contributed by atoms with Crippen molar-refractivity contribution in [3.8, 4) is 0 Å². The first-order valence-corrected chi connectivity index (χ1v) is 6.73. The molecule has 10 heavy (non-hydrogen) atoms. The Bertz CT molecular complexity index is 186. The standard InChI is InChI=1S/C7H7Cl2Si/c8-10(9)6-7-4-2-1-3-5-7/h1-5H,6H2. The van der Waals surface area contributed by atoms with Crippen LogP contribution >= 0.6 is 22.2 Å². The molecular weight excluding hydrogens is 183 g/mol. The summed E-state index contributed by atoms with van der Waals surface area (Å²) in [5, 5.41) is 0. The van der Waals surface area contributed by atoms with E-state index < -0.39 is 7.42 Å². The molecule has 0 heterocycles. The van der Waals surface area contributed by atoms with Crippen LogP contribution < -0.4 is 0 Å². The van der Waals surface area contributed by atoms with E-state index in [0.29, 0.717) is 0 Å². The third-order valence-corrected chi connectivity index (χ3v) is 2.66. The van der Waals surface area contributed by atoms with Gasteiger partial charge in [0.25, 0.3) is 7.42 Å². The number of halogens is 2. The van der Waals surface area contributed by atoms with E-state index in [0.717, 1.165) is 6.04 Å². The lowest BCUT2D eigenvalue weighted by Gasteiger charge is -1.96. The number of rotatable bonds is 2. The van der Waals surface area contributed by atoms with Gasteiger partial charge in [-0.15, -0.1) is 22.2 Å². The van der Waals surface area contributed by atoms with Crippen LogP contribution in [0.1, 0.15) is 5.56 Å². The predicted octanol–water partition coefficient (Wildman–Crippen LogP) is 2.73. The predicted molar refractivity (Wildman–Crippen MR) is 47.6 cm³/mol. The number of hydrogen-bond acceptors (Lipinski definition) is 0.